The molecule has 1 aromatic heterocycles. The minimum absolute atomic E-state index is 0.171. The van der Waals surface area contributed by atoms with Gasteiger partial charge in [0.2, 0.25) is 5.95 Å². The van der Waals surface area contributed by atoms with Crippen molar-refractivity contribution < 1.29 is 17.9 Å². The van der Waals surface area contributed by atoms with Gasteiger partial charge in [0, 0.05) is 30.9 Å². The van der Waals surface area contributed by atoms with Crippen LogP contribution in [0.2, 0.25) is 0 Å². The van der Waals surface area contributed by atoms with Gasteiger partial charge in [-0.05, 0) is 49.4 Å². The molecule has 2 aromatic rings. The first-order chi connectivity index (χ1) is 13.3. The number of alkyl halides is 3. The highest BCUT2D eigenvalue weighted by molar-refractivity contribution is 5.49. The van der Waals surface area contributed by atoms with Gasteiger partial charge in [-0.2, -0.15) is 4.98 Å². The molecule has 5 nitrogen and oxygen atoms in total. The standard InChI is InChI=1S/C20H25F3N4O/c1-4-13(3)24-19-25-16(5-2)11-18(26-19)27-9-8-14-10-17(28-20(21,22)23)7-6-15(14)12-27/h6-7,10-11,13H,4-5,8-9,12H2,1-3H3,(H,24,25,26)/t13-/m1/s1. The Labute approximate surface area is 162 Å². The lowest BCUT2D eigenvalue weighted by atomic mass is 9.99. The summed E-state index contributed by atoms with van der Waals surface area (Å²) in [5, 5.41) is 3.32. The van der Waals surface area contributed by atoms with E-state index in [9.17, 15) is 13.2 Å². The number of aromatic nitrogens is 2. The van der Waals surface area contributed by atoms with Gasteiger partial charge in [0.15, 0.2) is 0 Å². The van der Waals surface area contributed by atoms with Crippen molar-refractivity contribution in [3.05, 3.63) is 41.1 Å². The van der Waals surface area contributed by atoms with Gasteiger partial charge in [-0.25, -0.2) is 4.98 Å². The minimum Gasteiger partial charge on any atom is -0.406 e. The summed E-state index contributed by atoms with van der Waals surface area (Å²) >= 11 is 0. The van der Waals surface area contributed by atoms with Crippen molar-refractivity contribution in [3.8, 4) is 5.75 Å². The average Bonchev–Trinajstić information content (AvgIpc) is 2.65. The molecule has 2 heterocycles. The molecule has 28 heavy (non-hydrogen) atoms. The maximum absolute atomic E-state index is 12.4. The Balaban J connectivity index is 1.80. The summed E-state index contributed by atoms with van der Waals surface area (Å²) in [5.74, 6) is 1.28. The average molecular weight is 394 g/mol. The van der Waals surface area contributed by atoms with Crippen LogP contribution >= 0.6 is 0 Å². The minimum atomic E-state index is -4.68. The zero-order valence-corrected chi connectivity index (χ0v) is 16.3. The topological polar surface area (TPSA) is 50.3 Å². The van der Waals surface area contributed by atoms with Crippen LogP contribution in [0.15, 0.2) is 24.3 Å². The van der Waals surface area contributed by atoms with E-state index in [1.807, 2.05) is 13.0 Å². The highest BCUT2D eigenvalue weighted by Gasteiger charge is 2.31. The van der Waals surface area contributed by atoms with E-state index in [1.165, 1.54) is 12.1 Å². The normalized spacial score (nSPS) is 15.1. The molecule has 1 aliphatic rings. The first kappa shape index (κ1) is 20.2. The molecule has 0 radical (unpaired) electrons. The van der Waals surface area contributed by atoms with Gasteiger partial charge in [-0.15, -0.1) is 13.2 Å². The summed E-state index contributed by atoms with van der Waals surface area (Å²) < 4.78 is 41.3. The third-order valence-electron chi connectivity index (χ3n) is 4.86. The van der Waals surface area contributed by atoms with E-state index in [1.54, 1.807) is 6.07 Å². The van der Waals surface area contributed by atoms with Crippen molar-refractivity contribution in [2.24, 2.45) is 0 Å². The van der Waals surface area contributed by atoms with E-state index in [2.05, 4.69) is 38.8 Å². The predicted molar refractivity (Wildman–Crippen MR) is 103 cm³/mol. The first-order valence-electron chi connectivity index (χ1n) is 9.54. The second kappa shape index (κ2) is 8.24. The molecule has 8 heteroatoms. The number of rotatable bonds is 6. The van der Waals surface area contributed by atoms with Crippen LogP contribution in [-0.4, -0.2) is 28.9 Å². The lowest BCUT2D eigenvalue weighted by Gasteiger charge is -2.30. The van der Waals surface area contributed by atoms with E-state index >= 15 is 0 Å². The molecule has 0 fully saturated rings. The Morgan fingerprint density at radius 1 is 1.18 bits per heavy atom. The molecular formula is C20H25F3N4O. The van der Waals surface area contributed by atoms with Crippen molar-refractivity contribution in [2.45, 2.75) is 59.0 Å². The molecule has 0 bridgehead atoms. The first-order valence-corrected chi connectivity index (χ1v) is 9.54. The van der Waals surface area contributed by atoms with Crippen molar-refractivity contribution in [1.29, 1.82) is 0 Å². The summed E-state index contributed by atoms with van der Waals surface area (Å²) in [6.07, 6.45) is -2.28. The fourth-order valence-corrected chi connectivity index (χ4v) is 3.14. The molecule has 1 atom stereocenters. The van der Waals surface area contributed by atoms with Gasteiger partial charge in [0.05, 0.1) is 0 Å². The van der Waals surface area contributed by atoms with Crippen LogP contribution in [-0.2, 0) is 19.4 Å². The number of nitrogens with zero attached hydrogens (tertiary/aromatic N) is 3. The number of anilines is 2. The zero-order valence-electron chi connectivity index (χ0n) is 16.3. The number of halogens is 3. The molecule has 1 aliphatic heterocycles. The van der Waals surface area contributed by atoms with Crippen LogP contribution in [0.1, 0.15) is 44.0 Å². The van der Waals surface area contributed by atoms with Crippen molar-refractivity contribution in [1.82, 2.24) is 9.97 Å². The van der Waals surface area contributed by atoms with Crippen LogP contribution in [0.3, 0.4) is 0 Å². The van der Waals surface area contributed by atoms with Gasteiger partial charge in [-0.3, -0.25) is 0 Å². The highest BCUT2D eigenvalue weighted by atomic mass is 19.4. The van der Waals surface area contributed by atoms with Crippen LogP contribution in [0.5, 0.6) is 5.75 Å². The second-order valence-corrected chi connectivity index (χ2v) is 7.00. The Morgan fingerprint density at radius 2 is 1.96 bits per heavy atom. The molecule has 0 aliphatic carbocycles. The predicted octanol–water partition coefficient (Wildman–Crippen LogP) is 4.71. The fraction of sp³-hybridized carbons (Fsp3) is 0.500. The Bertz CT molecular complexity index is 826. The molecule has 0 saturated heterocycles. The Kier molecular flexibility index (Phi) is 5.96. The maximum atomic E-state index is 12.4. The fourth-order valence-electron chi connectivity index (χ4n) is 3.14. The molecule has 0 spiro atoms. The number of ether oxygens (including phenoxy) is 1. The summed E-state index contributed by atoms with van der Waals surface area (Å²) in [4.78, 5) is 11.3. The monoisotopic (exact) mass is 394 g/mol. The molecule has 3 rings (SSSR count). The van der Waals surface area contributed by atoms with Crippen LogP contribution in [0.25, 0.3) is 0 Å². The van der Waals surface area contributed by atoms with Crippen molar-refractivity contribution in [3.63, 3.8) is 0 Å². The van der Waals surface area contributed by atoms with Crippen molar-refractivity contribution >= 4 is 11.8 Å². The Hall–Kier alpha value is -2.51. The van der Waals surface area contributed by atoms with Crippen LogP contribution < -0.4 is 15.0 Å². The molecule has 0 unspecified atom stereocenters. The van der Waals surface area contributed by atoms with Gasteiger partial charge in [-0.1, -0.05) is 19.9 Å². The number of hydrogen-bond acceptors (Lipinski definition) is 5. The number of aryl methyl sites for hydroxylation is 1. The third kappa shape index (κ3) is 5.05. The molecule has 1 aromatic carbocycles. The molecule has 0 saturated carbocycles. The quantitative estimate of drug-likeness (QED) is 0.769. The lowest BCUT2D eigenvalue weighted by molar-refractivity contribution is -0.274. The summed E-state index contributed by atoms with van der Waals surface area (Å²) in [7, 11) is 0. The molecular weight excluding hydrogens is 369 g/mol. The van der Waals surface area contributed by atoms with Gasteiger partial charge in [0.25, 0.3) is 0 Å². The van der Waals surface area contributed by atoms with Crippen LogP contribution in [0.4, 0.5) is 24.9 Å². The van der Waals surface area contributed by atoms with Crippen LogP contribution in [0, 0.1) is 0 Å². The van der Waals surface area contributed by atoms with Gasteiger partial charge in [0.1, 0.15) is 11.6 Å². The number of hydrogen-bond donors (Lipinski definition) is 1. The molecule has 1 N–H and O–H groups in total. The van der Waals surface area contributed by atoms with E-state index in [0.717, 1.165) is 35.5 Å². The lowest BCUT2D eigenvalue weighted by Crippen LogP contribution is -2.31. The van der Waals surface area contributed by atoms with E-state index < -0.39 is 6.36 Å². The Morgan fingerprint density at radius 3 is 2.64 bits per heavy atom. The maximum Gasteiger partial charge on any atom is 0.573 e. The smallest absolute Gasteiger partial charge is 0.406 e. The number of nitrogens with one attached hydrogen (secondary N) is 1. The van der Waals surface area contributed by atoms with Gasteiger partial charge < -0.3 is 15.0 Å². The molecule has 152 valence electrons. The highest BCUT2D eigenvalue weighted by Crippen LogP contribution is 2.30. The molecule has 0 amide bonds. The summed E-state index contributed by atoms with van der Waals surface area (Å²) in [6, 6.07) is 6.79. The SMILES string of the molecule is CCc1cc(N2CCc3cc(OC(F)(F)F)ccc3C2)nc(N[C@H](C)CC)n1. The third-order valence-corrected chi connectivity index (χ3v) is 4.86. The largest absolute Gasteiger partial charge is 0.573 e. The van der Waals surface area contributed by atoms with E-state index in [4.69, 9.17) is 0 Å². The summed E-state index contributed by atoms with van der Waals surface area (Å²) in [6.45, 7) is 7.49. The van der Waals surface area contributed by atoms with Gasteiger partial charge >= 0.3 is 6.36 Å². The second-order valence-electron chi connectivity index (χ2n) is 7.00. The van der Waals surface area contributed by atoms with E-state index in [0.29, 0.717) is 25.5 Å². The van der Waals surface area contributed by atoms with Crippen molar-refractivity contribution in [2.75, 3.05) is 16.8 Å². The number of fused-ring (bicyclic) bond motifs is 1. The zero-order chi connectivity index (χ0) is 20.3. The van der Waals surface area contributed by atoms with E-state index in [-0.39, 0.29) is 11.8 Å². The summed E-state index contributed by atoms with van der Waals surface area (Å²) in [5.41, 5.74) is 2.81. The number of benzene rings is 1.